The molecule has 0 aliphatic heterocycles. The predicted octanol–water partition coefficient (Wildman–Crippen LogP) is 2.69. The molecule has 0 heterocycles. The summed E-state index contributed by atoms with van der Waals surface area (Å²) in [5.41, 5.74) is 0.685. The highest BCUT2D eigenvalue weighted by Gasteiger charge is 2.56. The van der Waals surface area contributed by atoms with E-state index < -0.39 is 0 Å². The smallest absolute Gasteiger partial charge is 0.0297 e. The fourth-order valence-corrected chi connectivity index (χ4v) is 2.54. The van der Waals surface area contributed by atoms with Crippen molar-refractivity contribution in [3.63, 3.8) is 0 Å². The van der Waals surface area contributed by atoms with Gasteiger partial charge in [-0.15, -0.1) is 0 Å². The lowest BCUT2D eigenvalue weighted by Crippen LogP contribution is -2.18. The first kappa shape index (κ1) is 5.76. The maximum atomic E-state index is 2.44. The van der Waals surface area contributed by atoms with Crippen molar-refractivity contribution in [1.29, 1.82) is 0 Å². The van der Waals surface area contributed by atoms with Crippen LogP contribution in [0.3, 0.4) is 0 Å². The van der Waals surface area contributed by atoms with Crippen molar-refractivity contribution in [2.75, 3.05) is 0 Å². The van der Waals surface area contributed by atoms with Crippen LogP contribution in [0.25, 0.3) is 0 Å². The van der Waals surface area contributed by atoms with Crippen molar-refractivity contribution in [2.24, 2.45) is 23.2 Å². The van der Waals surface area contributed by atoms with Crippen molar-refractivity contribution in [3.8, 4) is 0 Å². The maximum absolute atomic E-state index is 2.44. The van der Waals surface area contributed by atoms with Gasteiger partial charge in [-0.25, -0.2) is 0 Å². The summed E-state index contributed by atoms with van der Waals surface area (Å²) >= 11 is 0. The molecule has 2 rings (SSSR count). The van der Waals surface area contributed by atoms with Gasteiger partial charge in [0.15, 0.2) is 0 Å². The first-order chi connectivity index (χ1) is 4.12. The van der Waals surface area contributed by atoms with E-state index in [1.165, 1.54) is 12.8 Å². The Morgan fingerprint density at radius 1 is 1.22 bits per heavy atom. The monoisotopic (exact) mass is 124 g/mol. The second-order valence-corrected chi connectivity index (χ2v) is 4.56. The van der Waals surface area contributed by atoms with E-state index in [0.29, 0.717) is 5.41 Å². The van der Waals surface area contributed by atoms with Crippen LogP contribution in [0.15, 0.2) is 0 Å². The average Bonchev–Trinajstić information content (AvgIpc) is 2.41. The minimum absolute atomic E-state index is 0.685. The SMILES string of the molecule is C[C@H]1C[C@@H]2C[C@@H]2C1(C)C. The van der Waals surface area contributed by atoms with E-state index >= 15 is 0 Å². The summed E-state index contributed by atoms with van der Waals surface area (Å²) in [5.74, 6) is 3.23. The molecular weight excluding hydrogens is 108 g/mol. The Morgan fingerprint density at radius 2 is 1.89 bits per heavy atom. The van der Waals surface area contributed by atoms with Crippen LogP contribution in [0, 0.1) is 23.2 Å². The summed E-state index contributed by atoms with van der Waals surface area (Å²) < 4.78 is 0. The Balaban J connectivity index is 2.20. The van der Waals surface area contributed by atoms with Gasteiger partial charge in [-0.3, -0.25) is 0 Å². The molecule has 0 nitrogen and oxygen atoms in total. The Hall–Kier alpha value is 0. The van der Waals surface area contributed by atoms with E-state index in [1.807, 2.05) is 0 Å². The lowest BCUT2D eigenvalue weighted by molar-refractivity contribution is 0.231. The van der Waals surface area contributed by atoms with Gasteiger partial charge in [-0.2, -0.15) is 0 Å². The molecule has 52 valence electrons. The molecule has 2 saturated carbocycles. The molecule has 0 radical (unpaired) electrons. The summed E-state index contributed by atoms with van der Waals surface area (Å²) in [6.07, 6.45) is 3.05. The molecule has 2 aliphatic carbocycles. The summed E-state index contributed by atoms with van der Waals surface area (Å²) in [7, 11) is 0. The summed E-state index contributed by atoms with van der Waals surface area (Å²) in [4.78, 5) is 0. The number of hydrogen-bond donors (Lipinski definition) is 0. The topological polar surface area (TPSA) is 0 Å². The van der Waals surface area contributed by atoms with Crippen molar-refractivity contribution >= 4 is 0 Å². The van der Waals surface area contributed by atoms with Crippen LogP contribution in [-0.4, -0.2) is 0 Å². The van der Waals surface area contributed by atoms with Gasteiger partial charge in [-0.1, -0.05) is 20.8 Å². The number of fused-ring (bicyclic) bond motifs is 1. The van der Waals surface area contributed by atoms with Crippen molar-refractivity contribution in [3.05, 3.63) is 0 Å². The Bertz CT molecular complexity index is 131. The molecule has 0 bridgehead atoms. The summed E-state index contributed by atoms with van der Waals surface area (Å²) in [5, 5.41) is 0. The Morgan fingerprint density at radius 3 is 2.11 bits per heavy atom. The minimum atomic E-state index is 0.685. The molecule has 0 N–H and O–H groups in total. The fraction of sp³-hybridized carbons (Fsp3) is 1.00. The quantitative estimate of drug-likeness (QED) is 0.465. The molecule has 0 aromatic heterocycles. The van der Waals surface area contributed by atoms with Gasteiger partial charge in [0.1, 0.15) is 0 Å². The summed E-state index contributed by atoms with van der Waals surface area (Å²) in [6.45, 7) is 7.29. The zero-order valence-corrected chi connectivity index (χ0v) is 6.65. The van der Waals surface area contributed by atoms with Gasteiger partial charge in [0, 0.05) is 0 Å². The number of rotatable bonds is 0. The van der Waals surface area contributed by atoms with Crippen LogP contribution in [-0.2, 0) is 0 Å². The van der Waals surface area contributed by atoms with E-state index in [4.69, 9.17) is 0 Å². The van der Waals surface area contributed by atoms with Gasteiger partial charge >= 0.3 is 0 Å². The third-order valence-corrected chi connectivity index (χ3v) is 3.80. The average molecular weight is 124 g/mol. The molecular formula is C9H16. The third-order valence-electron chi connectivity index (χ3n) is 3.80. The van der Waals surface area contributed by atoms with Crippen molar-refractivity contribution in [1.82, 2.24) is 0 Å². The summed E-state index contributed by atoms with van der Waals surface area (Å²) in [6, 6.07) is 0. The van der Waals surface area contributed by atoms with Crippen LogP contribution in [0.4, 0.5) is 0 Å². The standard InChI is InChI=1S/C9H16/c1-6-4-7-5-8(7)9(6,2)3/h6-8H,4-5H2,1-3H3/t6-,7+,8-/m0/s1. The third kappa shape index (κ3) is 0.595. The highest BCUT2D eigenvalue weighted by molar-refractivity contribution is 5.05. The van der Waals surface area contributed by atoms with Gasteiger partial charge in [0.25, 0.3) is 0 Å². The zero-order valence-electron chi connectivity index (χ0n) is 6.65. The van der Waals surface area contributed by atoms with E-state index in [0.717, 1.165) is 17.8 Å². The zero-order chi connectivity index (χ0) is 6.65. The second kappa shape index (κ2) is 1.36. The fourth-order valence-electron chi connectivity index (χ4n) is 2.54. The van der Waals surface area contributed by atoms with E-state index in [9.17, 15) is 0 Å². The molecule has 0 saturated heterocycles. The lowest BCUT2D eigenvalue weighted by Gasteiger charge is -2.26. The molecule has 0 aromatic rings. The van der Waals surface area contributed by atoms with Gasteiger partial charge in [0.05, 0.1) is 0 Å². The van der Waals surface area contributed by atoms with E-state index in [2.05, 4.69) is 20.8 Å². The second-order valence-electron chi connectivity index (χ2n) is 4.56. The predicted molar refractivity (Wildman–Crippen MR) is 39.2 cm³/mol. The van der Waals surface area contributed by atoms with E-state index in [1.54, 1.807) is 0 Å². The van der Waals surface area contributed by atoms with E-state index in [-0.39, 0.29) is 0 Å². The van der Waals surface area contributed by atoms with Crippen LogP contribution >= 0.6 is 0 Å². The molecule has 9 heavy (non-hydrogen) atoms. The first-order valence-electron chi connectivity index (χ1n) is 4.12. The van der Waals surface area contributed by atoms with Crippen LogP contribution in [0.2, 0.25) is 0 Å². The molecule has 2 fully saturated rings. The normalized spacial score (nSPS) is 53.0. The molecule has 0 aromatic carbocycles. The van der Waals surface area contributed by atoms with Crippen molar-refractivity contribution < 1.29 is 0 Å². The van der Waals surface area contributed by atoms with Gasteiger partial charge < -0.3 is 0 Å². The molecule has 0 heteroatoms. The van der Waals surface area contributed by atoms with Gasteiger partial charge in [-0.05, 0) is 36.0 Å². The van der Waals surface area contributed by atoms with Crippen LogP contribution in [0.5, 0.6) is 0 Å². The Labute approximate surface area is 57.6 Å². The maximum Gasteiger partial charge on any atom is -0.0297 e. The van der Waals surface area contributed by atoms with Gasteiger partial charge in [0.2, 0.25) is 0 Å². The highest BCUT2D eigenvalue weighted by Crippen LogP contribution is 2.64. The molecule has 0 unspecified atom stereocenters. The largest absolute Gasteiger partial charge is 0.0620 e. The first-order valence-corrected chi connectivity index (χ1v) is 4.12. The lowest BCUT2D eigenvalue weighted by atomic mass is 9.79. The highest BCUT2D eigenvalue weighted by atomic mass is 14.6. The van der Waals surface area contributed by atoms with Crippen LogP contribution < -0.4 is 0 Å². The van der Waals surface area contributed by atoms with Crippen molar-refractivity contribution in [2.45, 2.75) is 33.6 Å². The molecule has 0 spiro atoms. The molecule has 0 amide bonds. The Kier molecular flexibility index (Phi) is 0.868. The minimum Gasteiger partial charge on any atom is -0.0620 e. The molecule has 3 atom stereocenters. The molecule has 2 aliphatic rings. The van der Waals surface area contributed by atoms with Crippen LogP contribution in [0.1, 0.15) is 33.6 Å². The number of hydrogen-bond acceptors (Lipinski definition) is 0.